The molecule has 2 aliphatic rings. The third-order valence-corrected chi connectivity index (χ3v) is 5.95. The molecular weight excluding hydrogens is 499 g/mol. The molecule has 8 heteroatoms. The lowest BCUT2D eigenvalue weighted by molar-refractivity contribution is 0.0971. The lowest BCUT2D eigenvalue weighted by Gasteiger charge is -2.33. The van der Waals surface area contributed by atoms with Crippen molar-refractivity contribution in [3.05, 3.63) is 41.8 Å². The number of hydrogen-bond donors (Lipinski definition) is 2. The molecular formula is C21H29IN4O2S. The topological polar surface area (TPSA) is 58.1 Å². The van der Waals surface area contributed by atoms with Crippen LogP contribution in [0.15, 0.2) is 46.8 Å². The maximum Gasteiger partial charge on any atom is 0.191 e. The van der Waals surface area contributed by atoms with Crippen LogP contribution >= 0.6 is 35.3 Å². The second-order valence-electron chi connectivity index (χ2n) is 7.07. The fourth-order valence-corrected chi connectivity index (χ4v) is 4.34. The van der Waals surface area contributed by atoms with Gasteiger partial charge in [-0.05, 0) is 49.4 Å². The number of halogens is 1. The van der Waals surface area contributed by atoms with Gasteiger partial charge in [-0.25, -0.2) is 4.99 Å². The van der Waals surface area contributed by atoms with Crippen molar-refractivity contribution in [1.82, 2.24) is 10.6 Å². The Morgan fingerprint density at radius 3 is 2.69 bits per heavy atom. The Bertz CT molecular complexity index is 779. The summed E-state index contributed by atoms with van der Waals surface area (Å²) in [6, 6.07) is 12.6. The maximum atomic E-state index is 6.01. The standard InChI is InChI=1S/C21H28N4O2S.HI/c1-2-22-21(23-14-17-15-26-18-6-3-4-7-19(18)27-17)24-16-9-11-25(12-10-16)20-8-5-13-28-20;/h3-8,13,16-17H,2,9-12,14-15H2,1H3,(H2,22,23,24);1H. The molecule has 3 heterocycles. The molecule has 0 spiro atoms. The highest BCUT2D eigenvalue weighted by molar-refractivity contribution is 14.0. The fourth-order valence-electron chi connectivity index (χ4n) is 3.55. The van der Waals surface area contributed by atoms with E-state index in [1.165, 1.54) is 5.00 Å². The number of anilines is 1. The van der Waals surface area contributed by atoms with Crippen molar-refractivity contribution >= 4 is 46.3 Å². The average molecular weight is 528 g/mol. The Morgan fingerprint density at radius 1 is 1.17 bits per heavy atom. The number of thiophene rings is 1. The van der Waals surface area contributed by atoms with Crippen molar-refractivity contribution < 1.29 is 9.47 Å². The van der Waals surface area contributed by atoms with E-state index in [4.69, 9.17) is 14.5 Å². The van der Waals surface area contributed by atoms with Gasteiger partial charge in [-0.15, -0.1) is 35.3 Å². The molecule has 1 aromatic carbocycles. The Morgan fingerprint density at radius 2 is 1.97 bits per heavy atom. The monoisotopic (exact) mass is 528 g/mol. The van der Waals surface area contributed by atoms with Crippen molar-refractivity contribution in [3.8, 4) is 11.5 Å². The number of para-hydroxylation sites is 2. The molecule has 4 rings (SSSR count). The Kier molecular flexibility index (Phi) is 8.29. The lowest BCUT2D eigenvalue weighted by Crippen LogP contribution is -2.49. The fraction of sp³-hybridized carbons (Fsp3) is 0.476. The van der Waals surface area contributed by atoms with Crippen LogP contribution in [-0.2, 0) is 0 Å². The van der Waals surface area contributed by atoms with E-state index in [-0.39, 0.29) is 30.1 Å². The summed E-state index contributed by atoms with van der Waals surface area (Å²) in [5, 5.41) is 10.5. The number of rotatable bonds is 5. The summed E-state index contributed by atoms with van der Waals surface area (Å²) in [5.74, 6) is 2.47. The van der Waals surface area contributed by atoms with E-state index in [2.05, 4.69) is 40.0 Å². The molecule has 158 valence electrons. The van der Waals surface area contributed by atoms with E-state index < -0.39 is 0 Å². The summed E-state index contributed by atoms with van der Waals surface area (Å²) in [7, 11) is 0. The second kappa shape index (κ2) is 10.9. The van der Waals surface area contributed by atoms with Crippen LogP contribution in [0.2, 0.25) is 0 Å². The number of fused-ring (bicyclic) bond motifs is 1. The number of guanidine groups is 1. The Balaban J connectivity index is 0.00000240. The summed E-state index contributed by atoms with van der Waals surface area (Å²) in [6.07, 6.45) is 2.16. The summed E-state index contributed by atoms with van der Waals surface area (Å²) in [6.45, 7) is 6.18. The van der Waals surface area contributed by atoms with Crippen molar-refractivity contribution in [3.63, 3.8) is 0 Å². The summed E-state index contributed by atoms with van der Waals surface area (Å²) < 4.78 is 11.8. The molecule has 2 aliphatic heterocycles. The molecule has 1 aromatic heterocycles. The second-order valence-corrected chi connectivity index (χ2v) is 8.00. The Hall–Kier alpha value is -1.68. The average Bonchev–Trinajstić information content (AvgIpc) is 3.27. The van der Waals surface area contributed by atoms with E-state index in [0.29, 0.717) is 19.2 Å². The molecule has 2 N–H and O–H groups in total. The minimum absolute atomic E-state index is 0. The first-order valence-corrected chi connectivity index (χ1v) is 10.9. The van der Waals surface area contributed by atoms with E-state index in [0.717, 1.165) is 49.9 Å². The first-order chi connectivity index (χ1) is 13.8. The van der Waals surface area contributed by atoms with Crippen LogP contribution in [0.5, 0.6) is 11.5 Å². The zero-order valence-corrected chi connectivity index (χ0v) is 19.8. The van der Waals surface area contributed by atoms with Crippen molar-refractivity contribution in [1.29, 1.82) is 0 Å². The van der Waals surface area contributed by atoms with Crippen LogP contribution in [0.1, 0.15) is 19.8 Å². The molecule has 0 bridgehead atoms. The molecule has 0 saturated carbocycles. The normalized spacial score (nSPS) is 19.4. The first-order valence-electron chi connectivity index (χ1n) is 10.0. The lowest BCUT2D eigenvalue weighted by atomic mass is 10.1. The third-order valence-electron chi connectivity index (χ3n) is 5.02. The number of hydrogen-bond acceptors (Lipinski definition) is 5. The summed E-state index contributed by atoms with van der Waals surface area (Å²) in [5.41, 5.74) is 0. The van der Waals surface area contributed by atoms with Crippen LogP contribution in [0.3, 0.4) is 0 Å². The van der Waals surface area contributed by atoms with Gasteiger partial charge in [0.1, 0.15) is 6.61 Å². The molecule has 0 aliphatic carbocycles. The van der Waals surface area contributed by atoms with Gasteiger partial charge < -0.3 is 25.0 Å². The van der Waals surface area contributed by atoms with Gasteiger partial charge in [0.15, 0.2) is 23.6 Å². The van der Waals surface area contributed by atoms with Gasteiger partial charge in [0.05, 0.1) is 11.5 Å². The Labute approximate surface area is 193 Å². The van der Waals surface area contributed by atoms with Gasteiger partial charge >= 0.3 is 0 Å². The maximum absolute atomic E-state index is 6.01. The SMILES string of the molecule is CCNC(=NCC1COc2ccccc2O1)NC1CCN(c2cccs2)CC1.I. The first kappa shape index (κ1) is 22.0. The minimum atomic E-state index is -0.0639. The van der Waals surface area contributed by atoms with Gasteiger partial charge in [-0.1, -0.05) is 12.1 Å². The highest BCUT2D eigenvalue weighted by Gasteiger charge is 2.22. The van der Waals surface area contributed by atoms with Crippen LogP contribution in [-0.4, -0.2) is 50.9 Å². The van der Waals surface area contributed by atoms with Gasteiger partial charge in [0.2, 0.25) is 0 Å². The highest BCUT2D eigenvalue weighted by atomic mass is 127. The molecule has 1 atom stereocenters. The molecule has 2 aromatic rings. The van der Waals surface area contributed by atoms with Crippen LogP contribution in [0.25, 0.3) is 0 Å². The number of ether oxygens (including phenoxy) is 2. The largest absolute Gasteiger partial charge is 0.486 e. The van der Waals surface area contributed by atoms with Crippen molar-refractivity contribution in [2.45, 2.75) is 31.9 Å². The van der Waals surface area contributed by atoms with Crippen LogP contribution < -0.4 is 25.0 Å². The summed E-state index contributed by atoms with van der Waals surface area (Å²) in [4.78, 5) is 7.22. The number of piperidine rings is 1. The summed E-state index contributed by atoms with van der Waals surface area (Å²) >= 11 is 1.82. The predicted molar refractivity (Wildman–Crippen MR) is 130 cm³/mol. The highest BCUT2D eigenvalue weighted by Crippen LogP contribution is 2.30. The number of aliphatic imine (C=N–C) groups is 1. The van der Waals surface area contributed by atoms with Gasteiger partial charge in [0, 0.05) is 25.7 Å². The van der Waals surface area contributed by atoms with E-state index >= 15 is 0 Å². The molecule has 1 unspecified atom stereocenters. The van der Waals surface area contributed by atoms with E-state index in [1.54, 1.807) is 0 Å². The van der Waals surface area contributed by atoms with Crippen molar-refractivity contribution in [2.24, 2.45) is 4.99 Å². The van der Waals surface area contributed by atoms with Gasteiger partial charge in [-0.3, -0.25) is 0 Å². The van der Waals surface area contributed by atoms with Crippen LogP contribution in [0.4, 0.5) is 5.00 Å². The molecule has 29 heavy (non-hydrogen) atoms. The van der Waals surface area contributed by atoms with Gasteiger partial charge in [0.25, 0.3) is 0 Å². The molecule has 0 amide bonds. The zero-order chi connectivity index (χ0) is 19.2. The minimum Gasteiger partial charge on any atom is -0.486 e. The van der Waals surface area contributed by atoms with Gasteiger partial charge in [-0.2, -0.15) is 0 Å². The van der Waals surface area contributed by atoms with E-state index in [9.17, 15) is 0 Å². The predicted octanol–water partition coefficient (Wildman–Crippen LogP) is 3.73. The third kappa shape index (κ3) is 5.91. The van der Waals surface area contributed by atoms with E-state index in [1.807, 2.05) is 35.6 Å². The molecule has 1 saturated heterocycles. The van der Waals surface area contributed by atoms with Crippen molar-refractivity contribution in [2.75, 3.05) is 37.7 Å². The smallest absolute Gasteiger partial charge is 0.191 e. The quantitative estimate of drug-likeness (QED) is 0.352. The number of nitrogens with zero attached hydrogens (tertiary/aromatic N) is 2. The molecule has 1 fully saturated rings. The molecule has 0 radical (unpaired) electrons. The number of benzene rings is 1. The zero-order valence-electron chi connectivity index (χ0n) is 16.7. The van der Waals surface area contributed by atoms with Crippen LogP contribution in [0, 0.1) is 0 Å². The number of nitrogens with one attached hydrogen (secondary N) is 2. The molecule has 6 nitrogen and oxygen atoms in total.